The van der Waals surface area contributed by atoms with Crippen LogP contribution < -0.4 is 5.32 Å². The van der Waals surface area contributed by atoms with Crippen molar-refractivity contribution in [3.05, 3.63) is 46.8 Å². The van der Waals surface area contributed by atoms with Crippen LogP contribution in [0.4, 0.5) is 5.69 Å². The highest BCUT2D eigenvalue weighted by Gasteiger charge is 2.23. The van der Waals surface area contributed by atoms with Crippen LogP contribution in [0.5, 0.6) is 0 Å². The second-order valence-corrected chi connectivity index (χ2v) is 6.45. The lowest BCUT2D eigenvalue weighted by Gasteiger charge is -2.27. The second kappa shape index (κ2) is 6.54. The van der Waals surface area contributed by atoms with Crippen molar-refractivity contribution in [2.75, 3.05) is 25.5 Å². The minimum absolute atomic E-state index is 0.250. The highest BCUT2D eigenvalue weighted by molar-refractivity contribution is 6.02. The Balaban J connectivity index is 1.67. The van der Waals surface area contributed by atoms with E-state index >= 15 is 0 Å². The molecule has 0 radical (unpaired) electrons. The number of likely N-dealkylation sites (tertiary alicyclic amines) is 1. The quantitative estimate of drug-likeness (QED) is 0.944. The van der Waals surface area contributed by atoms with E-state index in [1.165, 1.54) is 5.56 Å². The van der Waals surface area contributed by atoms with Crippen molar-refractivity contribution in [2.24, 2.45) is 0 Å². The highest BCUT2D eigenvalue weighted by Crippen LogP contribution is 2.27. The van der Waals surface area contributed by atoms with Crippen LogP contribution in [0.25, 0.3) is 0 Å². The number of rotatable bonds is 3. The zero-order valence-electron chi connectivity index (χ0n) is 13.9. The summed E-state index contributed by atoms with van der Waals surface area (Å²) in [5.74, 6) is 0.412. The number of nitrogens with one attached hydrogen (secondary N) is 1. The maximum absolute atomic E-state index is 12.3. The topological polar surface area (TPSA) is 58.4 Å². The molecule has 5 heteroatoms. The fraction of sp³-hybridized carbons (Fsp3) is 0.444. The molecule has 1 amide bonds. The zero-order valence-corrected chi connectivity index (χ0v) is 13.9. The second-order valence-electron chi connectivity index (χ2n) is 6.45. The first-order valence-corrected chi connectivity index (χ1v) is 8.06. The van der Waals surface area contributed by atoms with Gasteiger partial charge in [0.2, 0.25) is 5.76 Å². The molecule has 0 atom stereocenters. The average Bonchev–Trinajstić information content (AvgIpc) is 3.02. The molecule has 1 aliphatic heterocycles. The van der Waals surface area contributed by atoms with E-state index in [0.717, 1.165) is 42.9 Å². The van der Waals surface area contributed by atoms with E-state index in [1.807, 2.05) is 32.0 Å². The van der Waals surface area contributed by atoms with Gasteiger partial charge in [-0.25, -0.2) is 0 Å². The van der Waals surface area contributed by atoms with Crippen molar-refractivity contribution in [2.45, 2.75) is 32.6 Å². The molecule has 23 heavy (non-hydrogen) atoms. The van der Waals surface area contributed by atoms with Gasteiger partial charge in [0.25, 0.3) is 5.91 Å². The van der Waals surface area contributed by atoms with Crippen molar-refractivity contribution < 1.29 is 9.32 Å². The number of hydrogen-bond donors (Lipinski definition) is 1. The van der Waals surface area contributed by atoms with Crippen LogP contribution in [-0.4, -0.2) is 36.1 Å². The fourth-order valence-electron chi connectivity index (χ4n) is 2.90. The van der Waals surface area contributed by atoms with E-state index < -0.39 is 0 Å². The Morgan fingerprint density at radius 1 is 1.22 bits per heavy atom. The van der Waals surface area contributed by atoms with Gasteiger partial charge in [0, 0.05) is 17.7 Å². The van der Waals surface area contributed by atoms with Gasteiger partial charge in [0.15, 0.2) is 0 Å². The van der Waals surface area contributed by atoms with E-state index in [-0.39, 0.29) is 11.7 Å². The Labute approximate surface area is 136 Å². The van der Waals surface area contributed by atoms with Crippen LogP contribution in [0, 0.1) is 13.8 Å². The zero-order chi connectivity index (χ0) is 16.4. The summed E-state index contributed by atoms with van der Waals surface area (Å²) in [6, 6.07) is 7.64. The first-order valence-electron chi connectivity index (χ1n) is 8.06. The van der Waals surface area contributed by atoms with Crippen LogP contribution in [0.3, 0.4) is 0 Å². The Morgan fingerprint density at radius 2 is 1.96 bits per heavy atom. The predicted octanol–water partition coefficient (Wildman–Crippen LogP) is 3.35. The Kier molecular flexibility index (Phi) is 4.48. The summed E-state index contributed by atoms with van der Waals surface area (Å²) in [6.07, 6.45) is 2.11. The van der Waals surface area contributed by atoms with Gasteiger partial charge in [-0.1, -0.05) is 11.2 Å². The molecule has 122 valence electrons. The van der Waals surface area contributed by atoms with Gasteiger partial charge >= 0.3 is 0 Å². The van der Waals surface area contributed by atoms with Crippen LogP contribution in [0.15, 0.2) is 28.8 Å². The van der Waals surface area contributed by atoms with Crippen LogP contribution in [0.1, 0.15) is 46.1 Å². The monoisotopic (exact) mass is 313 g/mol. The van der Waals surface area contributed by atoms with Gasteiger partial charge in [0.1, 0.15) is 0 Å². The first-order chi connectivity index (χ1) is 11.0. The number of aromatic nitrogens is 1. The lowest BCUT2D eigenvalue weighted by Crippen LogP contribution is -2.29. The molecule has 0 unspecified atom stereocenters. The van der Waals surface area contributed by atoms with Crippen molar-refractivity contribution in [3.63, 3.8) is 0 Å². The Bertz CT molecular complexity index is 700. The standard InChI is InChI=1S/C18H23N3O2/c1-12-4-5-15(10-13(12)2)19-18(22)17-11-16(20-23-17)14-6-8-21(3)9-7-14/h4-5,10-11,14H,6-9H2,1-3H3,(H,19,22). The molecular weight excluding hydrogens is 290 g/mol. The molecular formula is C18H23N3O2. The third kappa shape index (κ3) is 3.62. The van der Waals surface area contributed by atoms with E-state index in [0.29, 0.717) is 5.92 Å². The summed E-state index contributed by atoms with van der Waals surface area (Å²) >= 11 is 0. The maximum Gasteiger partial charge on any atom is 0.294 e. The summed E-state index contributed by atoms with van der Waals surface area (Å²) in [6.45, 7) is 6.19. The number of piperidine rings is 1. The van der Waals surface area contributed by atoms with E-state index in [4.69, 9.17) is 4.52 Å². The number of amides is 1. The van der Waals surface area contributed by atoms with E-state index in [9.17, 15) is 4.79 Å². The molecule has 0 bridgehead atoms. The number of benzene rings is 1. The summed E-state index contributed by atoms with van der Waals surface area (Å²) in [5, 5.41) is 6.97. The molecule has 1 saturated heterocycles. The number of carbonyl (C=O) groups excluding carboxylic acids is 1. The molecule has 5 nitrogen and oxygen atoms in total. The SMILES string of the molecule is Cc1ccc(NC(=O)c2cc(C3CCN(C)CC3)no2)cc1C. The van der Waals surface area contributed by atoms with Gasteiger partial charge in [-0.3, -0.25) is 4.79 Å². The molecule has 3 rings (SSSR count). The van der Waals surface area contributed by atoms with Crippen LogP contribution in [0.2, 0.25) is 0 Å². The number of aryl methyl sites for hydroxylation is 2. The number of carbonyl (C=O) groups is 1. The molecule has 1 aliphatic rings. The van der Waals surface area contributed by atoms with Gasteiger partial charge in [-0.15, -0.1) is 0 Å². The molecule has 0 aliphatic carbocycles. The third-order valence-corrected chi connectivity index (χ3v) is 4.65. The molecule has 1 fully saturated rings. The van der Waals surface area contributed by atoms with Gasteiger partial charge in [-0.2, -0.15) is 0 Å². The minimum Gasteiger partial charge on any atom is -0.351 e. The van der Waals surface area contributed by atoms with Crippen molar-refractivity contribution in [1.82, 2.24) is 10.1 Å². The Morgan fingerprint density at radius 3 is 2.65 bits per heavy atom. The molecule has 1 aromatic carbocycles. The van der Waals surface area contributed by atoms with Gasteiger partial charge < -0.3 is 14.7 Å². The van der Waals surface area contributed by atoms with E-state index in [1.54, 1.807) is 6.07 Å². The van der Waals surface area contributed by atoms with E-state index in [2.05, 4.69) is 22.4 Å². The minimum atomic E-state index is -0.250. The highest BCUT2D eigenvalue weighted by atomic mass is 16.5. The molecule has 0 spiro atoms. The molecule has 0 saturated carbocycles. The normalized spacial score (nSPS) is 16.5. The number of nitrogens with zero attached hydrogens (tertiary/aromatic N) is 2. The lowest BCUT2D eigenvalue weighted by atomic mass is 9.94. The lowest BCUT2D eigenvalue weighted by molar-refractivity contribution is 0.0987. The molecule has 2 aromatic rings. The average molecular weight is 313 g/mol. The third-order valence-electron chi connectivity index (χ3n) is 4.65. The summed E-state index contributed by atoms with van der Waals surface area (Å²) in [7, 11) is 2.13. The van der Waals surface area contributed by atoms with Gasteiger partial charge in [0.05, 0.1) is 5.69 Å². The summed E-state index contributed by atoms with van der Waals surface area (Å²) in [4.78, 5) is 14.6. The van der Waals surface area contributed by atoms with Crippen LogP contribution >= 0.6 is 0 Å². The maximum atomic E-state index is 12.3. The summed E-state index contributed by atoms with van der Waals surface area (Å²) < 4.78 is 5.26. The number of anilines is 1. The van der Waals surface area contributed by atoms with Crippen molar-refractivity contribution in [3.8, 4) is 0 Å². The first kappa shape index (κ1) is 15.7. The number of hydrogen-bond acceptors (Lipinski definition) is 4. The summed E-state index contributed by atoms with van der Waals surface area (Å²) in [5.41, 5.74) is 4.01. The molecule has 1 N–H and O–H groups in total. The Hall–Kier alpha value is -2.14. The molecule has 1 aromatic heterocycles. The van der Waals surface area contributed by atoms with Crippen LogP contribution in [-0.2, 0) is 0 Å². The fourth-order valence-corrected chi connectivity index (χ4v) is 2.90. The smallest absolute Gasteiger partial charge is 0.294 e. The van der Waals surface area contributed by atoms with Crippen molar-refractivity contribution in [1.29, 1.82) is 0 Å². The largest absolute Gasteiger partial charge is 0.351 e. The van der Waals surface area contributed by atoms with Crippen molar-refractivity contribution >= 4 is 11.6 Å². The van der Waals surface area contributed by atoms with Gasteiger partial charge in [-0.05, 0) is 70.1 Å². The molecule has 2 heterocycles. The predicted molar refractivity (Wildman–Crippen MR) is 89.8 cm³/mol.